The first-order chi connectivity index (χ1) is 25.0. The summed E-state index contributed by atoms with van der Waals surface area (Å²) in [5, 5.41) is 2.02. The predicted molar refractivity (Wildman–Crippen MR) is 222 cm³/mol. The van der Waals surface area contributed by atoms with Gasteiger partial charge in [0.1, 0.15) is 45.3 Å². The average molecular weight is 717 g/mol. The molecule has 0 aliphatic carbocycles. The topological polar surface area (TPSA) is 55.7 Å². The number of aromatic nitrogens is 4. The standard InChI is InChI=1S/C44H57N4OSi2/c1-25(2)31-20-34(26(3)4)40(35(21-31)27(5)6)36-23-37(48(9)24-29(36)8)39-28(7)16-18-33-32-19-17-30(22-38(32)49-41(33)39)42-45-43(50(10,11)12)47-44(46-42)51(13,14)15/h16-27H,1-15H3/q+1/i8D3. The van der Waals surface area contributed by atoms with Crippen LogP contribution in [0, 0.1) is 13.8 Å². The molecule has 3 heterocycles. The number of hydrogen-bond donors (Lipinski definition) is 0. The van der Waals surface area contributed by atoms with Gasteiger partial charge >= 0.3 is 0 Å². The summed E-state index contributed by atoms with van der Waals surface area (Å²) in [5.41, 5.74) is 12.9. The maximum Gasteiger partial charge on any atom is 0.216 e. The van der Waals surface area contributed by atoms with Gasteiger partial charge < -0.3 is 4.42 Å². The summed E-state index contributed by atoms with van der Waals surface area (Å²) in [6.07, 6.45) is 1.81. The first-order valence-corrected chi connectivity index (χ1v) is 25.4. The van der Waals surface area contributed by atoms with Crippen LogP contribution in [0.25, 0.3) is 55.7 Å². The van der Waals surface area contributed by atoms with Crippen LogP contribution in [0.2, 0.25) is 39.3 Å². The number of nitrogens with zero attached hydrogens (tertiary/aromatic N) is 4. The van der Waals surface area contributed by atoms with Gasteiger partial charge in [-0.05, 0) is 77.0 Å². The van der Waals surface area contributed by atoms with Gasteiger partial charge in [0.15, 0.2) is 12.0 Å². The van der Waals surface area contributed by atoms with E-state index in [2.05, 4.69) is 136 Å². The summed E-state index contributed by atoms with van der Waals surface area (Å²) in [6.45, 7) is 26.7. The molecule has 0 unspecified atom stereocenters. The van der Waals surface area contributed by atoms with Crippen molar-refractivity contribution >= 4 is 49.0 Å². The monoisotopic (exact) mass is 716 g/mol. The molecule has 0 saturated heterocycles. The van der Waals surface area contributed by atoms with E-state index in [0.717, 1.165) is 66.3 Å². The van der Waals surface area contributed by atoms with Crippen LogP contribution < -0.4 is 15.5 Å². The lowest BCUT2D eigenvalue weighted by Gasteiger charge is -2.24. The Morgan fingerprint density at radius 1 is 0.686 bits per heavy atom. The van der Waals surface area contributed by atoms with E-state index in [1.807, 2.05) is 17.8 Å². The van der Waals surface area contributed by atoms with Gasteiger partial charge in [-0.1, -0.05) is 111 Å². The molecule has 0 aliphatic heterocycles. The Kier molecular flexibility index (Phi) is 8.54. The van der Waals surface area contributed by atoms with Gasteiger partial charge in [0, 0.05) is 32.1 Å². The normalized spacial score (nSPS) is 13.9. The molecule has 0 atom stereocenters. The molecule has 0 radical (unpaired) electrons. The maximum absolute atomic E-state index is 8.72. The lowest BCUT2D eigenvalue weighted by Crippen LogP contribution is -2.52. The van der Waals surface area contributed by atoms with E-state index in [4.69, 9.17) is 23.5 Å². The van der Waals surface area contributed by atoms with E-state index in [9.17, 15) is 0 Å². The maximum atomic E-state index is 8.72. The number of fused-ring (bicyclic) bond motifs is 3. The van der Waals surface area contributed by atoms with E-state index in [0.29, 0.717) is 17.3 Å². The Morgan fingerprint density at radius 3 is 1.80 bits per heavy atom. The van der Waals surface area contributed by atoms with Crippen LogP contribution in [-0.4, -0.2) is 31.1 Å². The number of aryl methyl sites for hydroxylation is 3. The Bertz CT molecular complexity index is 2350. The summed E-state index contributed by atoms with van der Waals surface area (Å²) in [6, 6.07) is 17.2. The lowest BCUT2D eigenvalue weighted by molar-refractivity contribution is -0.660. The van der Waals surface area contributed by atoms with Gasteiger partial charge in [-0.25, -0.2) is 19.5 Å². The summed E-state index contributed by atoms with van der Waals surface area (Å²) >= 11 is 0. The fourth-order valence-corrected chi connectivity index (χ4v) is 8.82. The Labute approximate surface area is 311 Å². The molecule has 0 saturated carbocycles. The van der Waals surface area contributed by atoms with Crippen molar-refractivity contribution in [2.75, 3.05) is 0 Å². The summed E-state index contributed by atoms with van der Waals surface area (Å²) in [5.74, 6) is 1.44. The van der Waals surface area contributed by atoms with Gasteiger partial charge in [-0.3, -0.25) is 0 Å². The largest absolute Gasteiger partial charge is 0.455 e. The van der Waals surface area contributed by atoms with Crippen molar-refractivity contribution < 1.29 is 13.1 Å². The smallest absolute Gasteiger partial charge is 0.216 e. The molecular formula is C44H57N4OSi2+. The average Bonchev–Trinajstić information content (AvgIpc) is 3.44. The van der Waals surface area contributed by atoms with Crippen molar-refractivity contribution in [3.8, 4) is 33.8 Å². The van der Waals surface area contributed by atoms with E-state index in [1.165, 1.54) is 16.7 Å². The zero-order chi connectivity index (χ0) is 39.8. The predicted octanol–water partition coefficient (Wildman–Crippen LogP) is 10.7. The number of benzene rings is 3. The van der Waals surface area contributed by atoms with Gasteiger partial charge in [-0.2, -0.15) is 0 Å². The van der Waals surface area contributed by atoms with Crippen LogP contribution in [0.4, 0.5) is 0 Å². The molecule has 3 aromatic carbocycles. The van der Waals surface area contributed by atoms with Crippen molar-refractivity contribution in [3.63, 3.8) is 0 Å². The highest BCUT2D eigenvalue weighted by atomic mass is 28.3. The molecule has 6 rings (SSSR count). The number of pyridine rings is 1. The van der Waals surface area contributed by atoms with Gasteiger partial charge in [0.05, 0.1) is 5.56 Å². The molecule has 0 N–H and O–H groups in total. The zero-order valence-electron chi connectivity index (χ0n) is 36.1. The Balaban J connectivity index is 1.63. The van der Waals surface area contributed by atoms with Crippen molar-refractivity contribution in [2.24, 2.45) is 7.05 Å². The molecule has 6 aromatic rings. The van der Waals surface area contributed by atoms with E-state index < -0.39 is 23.0 Å². The molecule has 7 heteroatoms. The molecule has 51 heavy (non-hydrogen) atoms. The van der Waals surface area contributed by atoms with Crippen LogP contribution in [-0.2, 0) is 7.05 Å². The summed E-state index contributed by atoms with van der Waals surface area (Å²) < 4.78 is 35.0. The molecule has 0 aliphatic rings. The fraction of sp³-hybridized carbons (Fsp3) is 0.409. The number of rotatable bonds is 8. The van der Waals surface area contributed by atoms with Crippen LogP contribution in [0.3, 0.4) is 0 Å². The van der Waals surface area contributed by atoms with E-state index in [-0.39, 0.29) is 11.8 Å². The SMILES string of the molecule is [2H]C([2H])([2H])c1c[n+](C)c(-c2c(C)ccc3c2oc2cc(-c4nc([Si](C)(C)C)nc([Si](C)(C)C)n4)ccc23)cc1-c1c(C(C)C)cc(C(C)C)cc1C(C)C. The highest BCUT2D eigenvalue weighted by molar-refractivity contribution is 6.89. The van der Waals surface area contributed by atoms with Crippen molar-refractivity contribution in [1.29, 1.82) is 0 Å². The Hall–Kier alpha value is -3.95. The van der Waals surface area contributed by atoms with Gasteiger partial charge in [0.2, 0.25) is 5.69 Å². The van der Waals surface area contributed by atoms with Crippen LogP contribution in [0.5, 0.6) is 0 Å². The first-order valence-electron chi connectivity index (χ1n) is 19.9. The van der Waals surface area contributed by atoms with E-state index in [1.54, 1.807) is 0 Å². The van der Waals surface area contributed by atoms with Crippen molar-refractivity contribution in [2.45, 2.75) is 112 Å². The highest BCUT2D eigenvalue weighted by Crippen LogP contribution is 2.43. The summed E-state index contributed by atoms with van der Waals surface area (Å²) in [4.78, 5) is 15.1. The molecule has 0 spiro atoms. The van der Waals surface area contributed by atoms with Crippen LogP contribution >= 0.6 is 0 Å². The third-order valence-corrected chi connectivity index (χ3v) is 13.1. The molecular weight excluding hydrogens is 657 g/mol. The van der Waals surface area contributed by atoms with Crippen molar-refractivity contribution in [3.05, 3.63) is 82.5 Å². The second kappa shape index (κ2) is 13.2. The van der Waals surface area contributed by atoms with Crippen molar-refractivity contribution in [1.82, 2.24) is 15.0 Å². The van der Waals surface area contributed by atoms with E-state index >= 15 is 0 Å². The third kappa shape index (κ3) is 6.87. The second-order valence-corrected chi connectivity index (χ2v) is 27.3. The molecule has 5 nitrogen and oxygen atoms in total. The fourth-order valence-electron chi connectivity index (χ4n) is 6.94. The minimum absolute atomic E-state index is 0.195. The molecule has 3 aromatic heterocycles. The number of furan rings is 1. The van der Waals surface area contributed by atoms with Crippen LogP contribution in [0.1, 0.15) is 91.2 Å². The minimum atomic E-state index is -2.32. The molecule has 0 fully saturated rings. The van der Waals surface area contributed by atoms with Crippen LogP contribution in [0.15, 0.2) is 59.1 Å². The first kappa shape index (κ1) is 32.9. The van der Waals surface area contributed by atoms with Gasteiger partial charge in [-0.15, -0.1) is 0 Å². The van der Waals surface area contributed by atoms with Gasteiger partial charge in [0.25, 0.3) is 0 Å². The third-order valence-electron chi connectivity index (χ3n) is 10.0. The lowest BCUT2D eigenvalue weighted by atomic mass is 9.80. The highest BCUT2D eigenvalue weighted by Gasteiger charge is 2.29. The second-order valence-electron chi connectivity index (χ2n) is 17.4. The quantitative estimate of drug-likeness (QED) is 0.116. The zero-order valence-corrected chi connectivity index (χ0v) is 35.1. The Morgan fingerprint density at radius 2 is 1.27 bits per heavy atom. The molecule has 0 amide bonds. The summed E-state index contributed by atoms with van der Waals surface area (Å²) in [7, 11) is -1.70. The molecule has 266 valence electrons. The number of hydrogen-bond acceptors (Lipinski definition) is 4. The minimum Gasteiger partial charge on any atom is -0.455 e. The molecule has 0 bridgehead atoms.